The fourth-order valence-corrected chi connectivity index (χ4v) is 2.35. The summed E-state index contributed by atoms with van der Waals surface area (Å²) >= 11 is 0.405. The Hall–Kier alpha value is -0.818. The number of hydrogen-bond donors (Lipinski definition) is 1. The van der Waals surface area contributed by atoms with Crippen molar-refractivity contribution in [3.05, 3.63) is 35.4 Å². The maximum atomic E-state index is 10.4. The molecule has 0 atom stereocenters. The second-order valence-corrected chi connectivity index (χ2v) is 4.90. The van der Waals surface area contributed by atoms with Gasteiger partial charge in [-0.3, -0.25) is 0 Å². The zero-order chi connectivity index (χ0) is 11.8. The Morgan fingerprint density at radius 2 is 2.12 bits per heavy atom. The highest BCUT2D eigenvalue weighted by Gasteiger charge is 2.03. The average Bonchev–Trinajstić information content (AvgIpc) is 2.32. The van der Waals surface area contributed by atoms with Gasteiger partial charge in [-0.05, 0) is 25.0 Å². The number of rotatable bonds is 1. The molecule has 0 aliphatic carbocycles. The summed E-state index contributed by atoms with van der Waals surface area (Å²) in [6.45, 7) is 2.82. The lowest BCUT2D eigenvalue weighted by Gasteiger charge is -2.07. The number of carboxylic acids is 1. The highest BCUT2D eigenvalue weighted by Crippen LogP contribution is 2.05. The van der Waals surface area contributed by atoms with E-state index >= 15 is 0 Å². The van der Waals surface area contributed by atoms with Gasteiger partial charge in [0.15, 0.2) is 0 Å². The van der Waals surface area contributed by atoms with E-state index in [0.717, 1.165) is 12.2 Å². The van der Waals surface area contributed by atoms with Crippen LogP contribution in [0.4, 0.5) is 0 Å². The van der Waals surface area contributed by atoms with Crippen molar-refractivity contribution >= 4 is 21.5 Å². The molecule has 1 saturated heterocycles. The molecule has 1 aromatic rings. The number of carbonyl (C=O) groups is 1. The van der Waals surface area contributed by atoms with E-state index in [1.165, 1.54) is 18.1 Å². The van der Waals surface area contributed by atoms with Gasteiger partial charge in [0.05, 0.1) is 5.56 Å². The van der Waals surface area contributed by atoms with Gasteiger partial charge in [0.1, 0.15) is 0 Å². The van der Waals surface area contributed by atoms with Crippen LogP contribution in [0.15, 0.2) is 24.3 Å². The molecule has 0 saturated carbocycles. The summed E-state index contributed by atoms with van der Waals surface area (Å²) in [5, 5.41) is 9.93. The number of hydrogen-bond acceptors (Lipinski definition) is 2. The van der Waals surface area contributed by atoms with Crippen LogP contribution in [0.25, 0.3) is 0 Å². The Morgan fingerprint density at radius 1 is 1.38 bits per heavy atom. The summed E-state index contributed by atoms with van der Waals surface area (Å²) in [7, 11) is 0. The third-order valence-corrected chi connectivity index (χ3v) is 3.44. The predicted molar refractivity (Wildman–Crippen MR) is 63.9 cm³/mol. The topological polar surface area (TPSA) is 46.5 Å². The third-order valence-electron chi connectivity index (χ3n) is 2.33. The first-order chi connectivity index (χ1) is 7.72. The molecule has 0 aromatic heterocycles. The van der Waals surface area contributed by atoms with Crippen LogP contribution >= 0.6 is 0 Å². The molecule has 16 heavy (non-hydrogen) atoms. The fourth-order valence-electron chi connectivity index (χ4n) is 1.39. The zero-order valence-corrected chi connectivity index (χ0v) is 10.6. The number of benzene rings is 1. The van der Waals surface area contributed by atoms with E-state index in [1.807, 2.05) is 6.07 Å². The second kappa shape index (κ2) is 7.45. The summed E-state index contributed by atoms with van der Waals surface area (Å²) in [6.07, 6.45) is 2.71. The van der Waals surface area contributed by atoms with Crippen molar-refractivity contribution < 1.29 is 13.7 Å². The smallest absolute Gasteiger partial charge is 0.423 e. The molecular weight excluding hydrogens is 219 g/mol. The molecule has 0 bridgehead atoms. The van der Waals surface area contributed by atoms with E-state index in [-0.39, 0.29) is 0 Å². The quantitative estimate of drug-likeness (QED) is 0.761. The molecule has 1 aromatic carbocycles. The second-order valence-electron chi connectivity index (χ2n) is 3.65. The molecule has 0 unspecified atom stereocenters. The minimum atomic E-state index is -0.863. The zero-order valence-electron chi connectivity index (χ0n) is 9.48. The molecule has 0 spiro atoms. The number of aromatic carboxylic acids is 1. The Labute approximate surface area is 102 Å². The average molecular weight is 235 g/mol. The third kappa shape index (κ3) is 4.80. The highest BCUT2D eigenvalue weighted by molar-refractivity contribution is 6.27. The van der Waals surface area contributed by atoms with E-state index in [9.17, 15) is 4.79 Å². The predicted octanol–water partition coefficient (Wildman–Crippen LogP) is 2.53. The van der Waals surface area contributed by atoms with Crippen LogP contribution in [-0.4, -0.2) is 33.2 Å². The van der Waals surface area contributed by atoms with Gasteiger partial charge in [-0.25, -0.2) is 4.79 Å². The van der Waals surface area contributed by atoms with Crippen LogP contribution in [0, 0.1) is 6.92 Å². The van der Waals surface area contributed by atoms with Gasteiger partial charge in [-0.15, -0.1) is 0 Å². The first kappa shape index (κ1) is 13.2. The molecule has 0 amide bonds. The summed E-state index contributed by atoms with van der Waals surface area (Å²) < 4.78 is 5.15. The standard InChI is InChI=1S/C8H8O2.C4H8O.Al/c1-6-4-2-3-5-7(6)8(9)10;1-2-3-4-5;/h2-5H,1H3,(H,9,10);1-4H2;/q;-1;+1. The van der Waals surface area contributed by atoms with Gasteiger partial charge in [0.25, 0.3) is 0 Å². The molecule has 1 radical (unpaired) electrons. The lowest BCUT2D eigenvalue weighted by molar-refractivity contribution is 0.0696. The Kier molecular flexibility index (Phi) is 6.17. The number of carboxylic acid groups (broad SMARTS) is 1. The molecule has 1 aliphatic rings. The molecule has 1 aliphatic heterocycles. The van der Waals surface area contributed by atoms with E-state index in [1.54, 1.807) is 25.1 Å². The highest BCUT2D eigenvalue weighted by atomic mass is 27.1. The first-order valence-electron chi connectivity index (χ1n) is 5.44. The molecular formula is C12H16AlO3. The van der Waals surface area contributed by atoms with Crippen LogP contribution in [-0.2, 0) is 3.79 Å². The van der Waals surface area contributed by atoms with Gasteiger partial charge < -0.3 is 8.90 Å². The molecule has 85 valence electrons. The molecule has 1 N–H and O–H groups in total. The number of aryl methyl sites for hydroxylation is 1. The van der Waals surface area contributed by atoms with Crippen LogP contribution < -0.4 is 0 Å². The van der Waals surface area contributed by atoms with Crippen LogP contribution in [0.3, 0.4) is 0 Å². The van der Waals surface area contributed by atoms with Crippen molar-refractivity contribution in [2.75, 3.05) is 6.61 Å². The minimum absolute atomic E-state index is 0.377. The normalized spacial score (nSPS) is 14.3. The SMILES string of the molecule is C1C[CH2][Al][O]C1.Cc1ccccc1C(=O)O. The summed E-state index contributed by atoms with van der Waals surface area (Å²) in [5.74, 6) is -0.863. The van der Waals surface area contributed by atoms with Crippen molar-refractivity contribution in [3.8, 4) is 0 Å². The van der Waals surface area contributed by atoms with Crippen LogP contribution in [0.5, 0.6) is 0 Å². The van der Waals surface area contributed by atoms with Gasteiger partial charge in [-0.1, -0.05) is 29.9 Å². The monoisotopic (exact) mass is 235 g/mol. The van der Waals surface area contributed by atoms with Gasteiger partial charge >= 0.3 is 21.5 Å². The maximum absolute atomic E-state index is 10.4. The largest absolute Gasteiger partial charge is 0.507 e. The van der Waals surface area contributed by atoms with Crippen LogP contribution in [0.2, 0.25) is 5.28 Å². The van der Waals surface area contributed by atoms with Gasteiger partial charge in [0, 0.05) is 6.61 Å². The fraction of sp³-hybridized carbons (Fsp3) is 0.417. The van der Waals surface area contributed by atoms with Gasteiger partial charge in [0.2, 0.25) is 0 Å². The molecule has 4 heteroatoms. The summed E-state index contributed by atoms with van der Waals surface area (Å²) in [5.41, 5.74) is 1.18. The first-order valence-corrected chi connectivity index (χ1v) is 6.73. The molecule has 1 heterocycles. The Bertz CT molecular complexity index is 323. The lowest BCUT2D eigenvalue weighted by Crippen LogP contribution is -2.06. The lowest BCUT2D eigenvalue weighted by atomic mass is 10.1. The molecule has 1 fully saturated rings. The summed E-state index contributed by atoms with van der Waals surface area (Å²) in [4.78, 5) is 10.4. The van der Waals surface area contributed by atoms with E-state index in [4.69, 9.17) is 8.90 Å². The minimum Gasteiger partial charge on any atom is -0.507 e. The summed E-state index contributed by atoms with van der Waals surface area (Å²) in [6, 6.07) is 6.92. The van der Waals surface area contributed by atoms with Crippen molar-refractivity contribution in [1.82, 2.24) is 0 Å². The van der Waals surface area contributed by atoms with Crippen molar-refractivity contribution in [1.29, 1.82) is 0 Å². The Morgan fingerprint density at radius 3 is 2.44 bits per heavy atom. The van der Waals surface area contributed by atoms with Crippen LogP contribution in [0.1, 0.15) is 28.8 Å². The van der Waals surface area contributed by atoms with Gasteiger partial charge in [-0.2, -0.15) is 0 Å². The van der Waals surface area contributed by atoms with E-state index in [0.29, 0.717) is 21.1 Å². The van der Waals surface area contributed by atoms with E-state index < -0.39 is 5.97 Å². The maximum Gasteiger partial charge on any atom is 0.423 e. The van der Waals surface area contributed by atoms with Crippen molar-refractivity contribution in [2.24, 2.45) is 0 Å². The van der Waals surface area contributed by atoms with Crippen molar-refractivity contribution in [2.45, 2.75) is 25.0 Å². The van der Waals surface area contributed by atoms with E-state index in [2.05, 4.69) is 0 Å². The Balaban J connectivity index is 0.000000181. The van der Waals surface area contributed by atoms with Crippen molar-refractivity contribution in [3.63, 3.8) is 0 Å². The molecule has 2 rings (SSSR count). The molecule has 3 nitrogen and oxygen atoms in total.